The second-order valence-corrected chi connectivity index (χ2v) is 10.8. The SMILES string of the molecule is CCC(C)NCCC(=O)Nc1sc2c(c1-c1nc3cc(-c4cccnc4)ccc3s1)CCNC2. The fourth-order valence-electron chi connectivity index (χ4n) is 4.16. The number of hydrogen-bond acceptors (Lipinski definition) is 7. The fourth-order valence-corrected chi connectivity index (χ4v) is 6.49. The summed E-state index contributed by atoms with van der Waals surface area (Å²) in [7, 11) is 0. The first-order chi connectivity index (χ1) is 16.6. The van der Waals surface area contributed by atoms with Gasteiger partial charge >= 0.3 is 0 Å². The van der Waals surface area contributed by atoms with E-state index >= 15 is 0 Å². The first-order valence-electron chi connectivity index (χ1n) is 11.8. The van der Waals surface area contributed by atoms with Gasteiger partial charge in [0, 0.05) is 53.9 Å². The maximum atomic E-state index is 12.8. The van der Waals surface area contributed by atoms with Gasteiger partial charge < -0.3 is 16.0 Å². The molecular weight excluding hydrogens is 462 g/mol. The van der Waals surface area contributed by atoms with Crippen molar-refractivity contribution in [3.63, 3.8) is 0 Å². The minimum Gasteiger partial charge on any atom is -0.317 e. The number of thiophene rings is 1. The highest BCUT2D eigenvalue weighted by molar-refractivity contribution is 7.23. The molecule has 3 aromatic heterocycles. The normalized spacial score (nSPS) is 14.2. The predicted molar refractivity (Wildman–Crippen MR) is 143 cm³/mol. The molecule has 0 radical (unpaired) electrons. The highest BCUT2D eigenvalue weighted by Crippen LogP contribution is 2.45. The number of carbonyl (C=O) groups excluding carboxylic acids is 1. The first-order valence-corrected chi connectivity index (χ1v) is 13.5. The van der Waals surface area contributed by atoms with Gasteiger partial charge in [-0.15, -0.1) is 22.7 Å². The van der Waals surface area contributed by atoms with E-state index in [0.29, 0.717) is 19.0 Å². The molecule has 176 valence electrons. The van der Waals surface area contributed by atoms with E-state index in [-0.39, 0.29) is 5.91 Å². The summed E-state index contributed by atoms with van der Waals surface area (Å²) in [6.07, 6.45) is 6.12. The largest absolute Gasteiger partial charge is 0.317 e. The lowest BCUT2D eigenvalue weighted by Gasteiger charge is -2.13. The number of nitrogens with one attached hydrogen (secondary N) is 3. The molecule has 0 fully saturated rings. The Labute approximate surface area is 207 Å². The molecule has 1 aliphatic heterocycles. The van der Waals surface area contributed by atoms with Crippen LogP contribution in [0.1, 0.15) is 37.1 Å². The molecule has 4 heterocycles. The number of fused-ring (bicyclic) bond motifs is 2. The van der Waals surface area contributed by atoms with Crippen molar-refractivity contribution in [2.75, 3.05) is 18.4 Å². The van der Waals surface area contributed by atoms with Crippen molar-refractivity contribution in [1.82, 2.24) is 20.6 Å². The van der Waals surface area contributed by atoms with E-state index in [1.165, 1.54) is 10.4 Å². The zero-order valence-corrected chi connectivity index (χ0v) is 21.1. The Balaban J connectivity index is 1.45. The molecule has 1 aromatic carbocycles. The van der Waals surface area contributed by atoms with Crippen molar-refractivity contribution in [3.8, 4) is 21.7 Å². The number of rotatable bonds is 8. The van der Waals surface area contributed by atoms with Gasteiger partial charge in [0.15, 0.2) is 0 Å². The Morgan fingerprint density at radius 2 is 2.15 bits per heavy atom. The van der Waals surface area contributed by atoms with Gasteiger partial charge in [-0.1, -0.05) is 19.1 Å². The highest BCUT2D eigenvalue weighted by Gasteiger charge is 2.25. The third kappa shape index (κ3) is 4.90. The van der Waals surface area contributed by atoms with E-state index < -0.39 is 0 Å². The Morgan fingerprint density at radius 1 is 1.24 bits per heavy atom. The smallest absolute Gasteiger partial charge is 0.226 e. The van der Waals surface area contributed by atoms with E-state index in [2.05, 4.69) is 59.0 Å². The van der Waals surface area contributed by atoms with Crippen molar-refractivity contribution in [2.45, 2.75) is 45.7 Å². The van der Waals surface area contributed by atoms with Crippen LogP contribution in [0.2, 0.25) is 0 Å². The van der Waals surface area contributed by atoms with Crippen LogP contribution >= 0.6 is 22.7 Å². The van der Waals surface area contributed by atoms with E-state index in [1.807, 2.05) is 12.3 Å². The zero-order valence-electron chi connectivity index (χ0n) is 19.5. The van der Waals surface area contributed by atoms with Gasteiger partial charge in [0.2, 0.25) is 5.91 Å². The topological polar surface area (TPSA) is 78.9 Å². The maximum absolute atomic E-state index is 12.8. The Kier molecular flexibility index (Phi) is 7.01. The third-order valence-corrected chi connectivity index (χ3v) is 8.44. The molecular formula is C26H29N5OS2. The number of carbonyl (C=O) groups is 1. The number of hydrogen-bond donors (Lipinski definition) is 3. The summed E-state index contributed by atoms with van der Waals surface area (Å²) in [6.45, 7) is 6.75. The Bertz CT molecular complexity index is 1300. The molecule has 3 N–H and O–H groups in total. The van der Waals surface area contributed by atoms with Crippen LogP contribution in [0.4, 0.5) is 5.00 Å². The second kappa shape index (κ2) is 10.3. The molecule has 0 saturated heterocycles. The Morgan fingerprint density at radius 3 is 2.97 bits per heavy atom. The second-order valence-electron chi connectivity index (χ2n) is 8.64. The average Bonchev–Trinajstić information content (AvgIpc) is 3.44. The van der Waals surface area contributed by atoms with Crippen LogP contribution in [0.25, 0.3) is 31.9 Å². The van der Waals surface area contributed by atoms with Crippen LogP contribution in [-0.4, -0.2) is 35.0 Å². The molecule has 0 bridgehead atoms. The molecule has 5 rings (SSSR count). The molecule has 8 heteroatoms. The molecule has 1 amide bonds. The zero-order chi connectivity index (χ0) is 23.5. The lowest BCUT2D eigenvalue weighted by molar-refractivity contribution is -0.116. The molecule has 0 spiro atoms. The van der Waals surface area contributed by atoms with Crippen molar-refractivity contribution in [2.24, 2.45) is 0 Å². The van der Waals surface area contributed by atoms with E-state index in [0.717, 1.165) is 62.8 Å². The third-order valence-electron chi connectivity index (χ3n) is 6.23. The lowest BCUT2D eigenvalue weighted by Crippen LogP contribution is -2.28. The van der Waals surface area contributed by atoms with E-state index in [9.17, 15) is 4.79 Å². The number of benzene rings is 1. The summed E-state index contributed by atoms with van der Waals surface area (Å²) in [5.41, 5.74) is 5.59. The quantitative estimate of drug-likeness (QED) is 0.305. The van der Waals surface area contributed by atoms with Crippen LogP contribution in [0, 0.1) is 0 Å². The minimum atomic E-state index is 0.0450. The summed E-state index contributed by atoms with van der Waals surface area (Å²) in [6, 6.07) is 10.8. The Hall–Kier alpha value is -2.65. The summed E-state index contributed by atoms with van der Waals surface area (Å²) in [5, 5.41) is 12.0. The highest BCUT2D eigenvalue weighted by atomic mass is 32.1. The van der Waals surface area contributed by atoms with Crippen LogP contribution in [0.15, 0.2) is 42.7 Å². The first kappa shape index (κ1) is 23.1. The molecule has 4 aromatic rings. The predicted octanol–water partition coefficient (Wildman–Crippen LogP) is 5.45. The van der Waals surface area contributed by atoms with Crippen molar-refractivity contribution < 1.29 is 4.79 Å². The molecule has 34 heavy (non-hydrogen) atoms. The number of anilines is 1. The van der Waals surface area contributed by atoms with Crippen LogP contribution < -0.4 is 16.0 Å². The summed E-state index contributed by atoms with van der Waals surface area (Å²) >= 11 is 3.38. The summed E-state index contributed by atoms with van der Waals surface area (Å²) < 4.78 is 1.14. The number of thiazole rings is 1. The summed E-state index contributed by atoms with van der Waals surface area (Å²) in [4.78, 5) is 23.3. The van der Waals surface area contributed by atoms with Gasteiger partial charge in [0.25, 0.3) is 0 Å². The van der Waals surface area contributed by atoms with Crippen LogP contribution in [0.3, 0.4) is 0 Å². The number of amides is 1. The van der Waals surface area contributed by atoms with E-state index in [1.54, 1.807) is 28.9 Å². The van der Waals surface area contributed by atoms with Crippen molar-refractivity contribution in [3.05, 3.63) is 53.2 Å². The van der Waals surface area contributed by atoms with E-state index in [4.69, 9.17) is 4.98 Å². The van der Waals surface area contributed by atoms with Gasteiger partial charge in [-0.25, -0.2) is 4.98 Å². The standard InChI is InChI=1S/C26H29N5OS2/c1-3-16(2)29-12-9-23(32)31-26-24(19-8-11-28-15-22(19)34-26)25-30-20-13-17(6-7-21(20)33-25)18-5-4-10-27-14-18/h4-7,10,13-14,16,28-29H,3,8-9,11-12,15H2,1-2H3,(H,31,32). The van der Waals surface area contributed by atoms with Crippen LogP contribution in [0.5, 0.6) is 0 Å². The maximum Gasteiger partial charge on any atom is 0.226 e. The van der Waals surface area contributed by atoms with Gasteiger partial charge in [0.1, 0.15) is 10.0 Å². The molecule has 6 nitrogen and oxygen atoms in total. The van der Waals surface area contributed by atoms with Crippen molar-refractivity contribution in [1.29, 1.82) is 0 Å². The number of nitrogens with zero attached hydrogens (tertiary/aromatic N) is 2. The fraction of sp³-hybridized carbons (Fsp3) is 0.346. The van der Waals surface area contributed by atoms with Gasteiger partial charge in [-0.2, -0.15) is 0 Å². The number of pyridine rings is 1. The van der Waals surface area contributed by atoms with Crippen LogP contribution in [-0.2, 0) is 17.8 Å². The number of aromatic nitrogens is 2. The monoisotopic (exact) mass is 491 g/mol. The van der Waals surface area contributed by atoms with Gasteiger partial charge in [0.05, 0.1) is 10.2 Å². The lowest BCUT2D eigenvalue weighted by atomic mass is 10.0. The molecule has 1 aliphatic rings. The average molecular weight is 492 g/mol. The van der Waals surface area contributed by atoms with Gasteiger partial charge in [-0.3, -0.25) is 9.78 Å². The molecule has 0 saturated carbocycles. The summed E-state index contributed by atoms with van der Waals surface area (Å²) in [5.74, 6) is 0.0450. The van der Waals surface area contributed by atoms with Crippen molar-refractivity contribution >= 4 is 43.8 Å². The minimum absolute atomic E-state index is 0.0450. The molecule has 0 aliphatic carbocycles. The molecule has 1 atom stereocenters. The van der Waals surface area contributed by atoms with Gasteiger partial charge in [-0.05, 0) is 55.6 Å². The molecule has 1 unspecified atom stereocenters.